The first kappa shape index (κ1) is 20.2. The fourth-order valence-electron chi connectivity index (χ4n) is 3.21. The van der Waals surface area contributed by atoms with Crippen molar-refractivity contribution in [2.45, 2.75) is 38.5 Å². The molecule has 0 spiro atoms. The minimum absolute atomic E-state index is 0. The van der Waals surface area contributed by atoms with Gasteiger partial charge >= 0.3 is 0 Å². The summed E-state index contributed by atoms with van der Waals surface area (Å²) >= 11 is 0. The maximum atomic E-state index is 12.7. The molecule has 3 heterocycles. The van der Waals surface area contributed by atoms with Gasteiger partial charge in [0.2, 0.25) is 5.91 Å². The Morgan fingerprint density at radius 1 is 1.43 bits per heavy atom. The third-order valence-corrected chi connectivity index (χ3v) is 4.33. The lowest BCUT2D eigenvalue weighted by molar-refractivity contribution is -0.141. The lowest BCUT2D eigenvalue weighted by Crippen LogP contribution is -2.58. The summed E-state index contributed by atoms with van der Waals surface area (Å²) in [4.78, 5) is 18.6. The number of piperidine rings is 1. The van der Waals surface area contributed by atoms with Crippen molar-refractivity contribution in [2.24, 2.45) is 5.92 Å². The molecule has 0 saturated carbocycles. The van der Waals surface area contributed by atoms with Gasteiger partial charge in [-0.05, 0) is 25.7 Å². The summed E-state index contributed by atoms with van der Waals surface area (Å²) in [6.07, 6.45) is 5.42. The molecule has 3 atom stereocenters. The van der Waals surface area contributed by atoms with Gasteiger partial charge in [0.1, 0.15) is 18.7 Å². The number of morpholine rings is 1. The van der Waals surface area contributed by atoms with E-state index in [4.69, 9.17) is 4.74 Å². The Labute approximate surface area is 149 Å². The molecule has 2 saturated heterocycles. The Kier molecular flexibility index (Phi) is 8.25. The van der Waals surface area contributed by atoms with E-state index >= 15 is 0 Å². The zero-order valence-electron chi connectivity index (χ0n) is 13.3. The van der Waals surface area contributed by atoms with Gasteiger partial charge < -0.3 is 15.0 Å². The van der Waals surface area contributed by atoms with Crippen molar-refractivity contribution in [3.05, 3.63) is 12.7 Å². The third kappa shape index (κ3) is 5.04. The van der Waals surface area contributed by atoms with Crippen molar-refractivity contribution in [1.29, 1.82) is 0 Å². The molecule has 1 amide bonds. The number of amides is 1. The van der Waals surface area contributed by atoms with Crippen LogP contribution in [0.3, 0.4) is 0 Å². The Morgan fingerprint density at radius 2 is 2.26 bits per heavy atom. The number of likely N-dealkylation sites (tertiary alicyclic amines) is 1. The maximum Gasteiger partial charge on any atom is 0.242 e. The number of nitrogens with zero attached hydrogens (tertiary/aromatic N) is 4. The van der Waals surface area contributed by atoms with Crippen LogP contribution in [0.4, 0.5) is 0 Å². The van der Waals surface area contributed by atoms with E-state index in [2.05, 4.69) is 15.4 Å². The average Bonchev–Trinajstić information content (AvgIpc) is 3.00. The van der Waals surface area contributed by atoms with Gasteiger partial charge in [-0.3, -0.25) is 9.48 Å². The summed E-state index contributed by atoms with van der Waals surface area (Å²) in [5.41, 5.74) is 0. The first-order chi connectivity index (χ1) is 10.2. The molecule has 2 aliphatic heterocycles. The number of hydrogen-bond acceptors (Lipinski definition) is 5. The molecule has 1 N–H and O–H groups in total. The predicted octanol–water partition coefficient (Wildman–Crippen LogP) is 0.737. The third-order valence-electron chi connectivity index (χ3n) is 4.33. The molecule has 0 radical (unpaired) electrons. The quantitative estimate of drug-likeness (QED) is 0.854. The van der Waals surface area contributed by atoms with E-state index in [-0.39, 0.29) is 42.9 Å². The van der Waals surface area contributed by atoms with Crippen LogP contribution >= 0.6 is 24.8 Å². The minimum atomic E-state index is -0.205. The van der Waals surface area contributed by atoms with Gasteiger partial charge in [0.25, 0.3) is 0 Å². The molecule has 0 bridgehead atoms. The Hall–Kier alpha value is -0.890. The summed E-state index contributed by atoms with van der Waals surface area (Å²) in [7, 11) is 0. The number of aromatic nitrogens is 3. The summed E-state index contributed by atoms with van der Waals surface area (Å²) < 4.78 is 7.43. The van der Waals surface area contributed by atoms with E-state index in [0.717, 1.165) is 39.0 Å². The second-order valence-electron chi connectivity index (χ2n) is 5.92. The van der Waals surface area contributed by atoms with Gasteiger partial charge in [-0.15, -0.1) is 24.8 Å². The van der Waals surface area contributed by atoms with Gasteiger partial charge in [0.05, 0.1) is 12.7 Å². The smallest absolute Gasteiger partial charge is 0.242 e. The van der Waals surface area contributed by atoms with E-state index in [9.17, 15) is 4.79 Å². The monoisotopic (exact) mass is 365 g/mol. The van der Waals surface area contributed by atoms with Crippen molar-refractivity contribution < 1.29 is 9.53 Å². The van der Waals surface area contributed by atoms with Crippen LogP contribution in [0.1, 0.15) is 19.8 Å². The summed E-state index contributed by atoms with van der Waals surface area (Å²) in [5, 5.41) is 7.43. The second kappa shape index (κ2) is 9.42. The van der Waals surface area contributed by atoms with Crippen molar-refractivity contribution >= 4 is 30.7 Å². The molecule has 1 aromatic heterocycles. The highest BCUT2D eigenvalue weighted by Gasteiger charge is 2.34. The van der Waals surface area contributed by atoms with Crippen LogP contribution in [-0.2, 0) is 16.1 Å². The van der Waals surface area contributed by atoms with E-state index in [1.807, 2.05) is 16.5 Å². The molecule has 9 heteroatoms. The highest BCUT2D eigenvalue weighted by Crippen LogP contribution is 2.20. The predicted molar refractivity (Wildman–Crippen MR) is 91.0 cm³/mol. The Morgan fingerprint density at radius 3 is 2.96 bits per heavy atom. The van der Waals surface area contributed by atoms with Gasteiger partial charge in [0, 0.05) is 26.2 Å². The lowest BCUT2D eigenvalue weighted by atomic mass is 9.96. The molecule has 23 heavy (non-hydrogen) atoms. The van der Waals surface area contributed by atoms with Crippen LogP contribution < -0.4 is 5.32 Å². The highest BCUT2D eigenvalue weighted by molar-refractivity contribution is 5.85. The van der Waals surface area contributed by atoms with E-state index in [1.165, 1.54) is 0 Å². The molecule has 0 aliphatic carbocycles. The topological polar surface area (TPSA) is 72.3 Å². The van der Waals surface area contributed by atoms with Crippen LogP contribution in [0.15, 0.2) is 12.7 Å². The van der Waals surface area contributed by atoms with Crippen LogP contribution in [0.25, 0.3) is 0 Å². The first-order valence-corrected chi connectivity index (χ1v) is 7.70. The summed E-state index contributed by atoms with van der Waals surface area (Å²) in [5.74, 6) is 0.620. The normalized spacial score (nSPS) is 27.7. The van der Waals surface area contributed by atoms with Crippen LogP contribution in [-0.4, -0.2) is 64.0 Å². The second-order valence-corrected chi connectivity index (χ2v) is 5.92. The number of nitrogens with one attached hydrogen (secondary N) is 1. The van der Waals surface area contributed by atoms with Crippen molar-refractivity contribution in [3.63, 3.8) is 0 Å². The standard InChI is InChI=1S/C14H23N5O2.2ClH/c1-11-13(16-4-6-21-11)14(20)18-5-2-3-12(7-18)8-19-10-15-9-17-19;;/h9-13,16H,2-8H2,1H3;2*1H/t11-,12?,13+;;/m1../s1. The van der Waals surface area contributed by atoms with Crippen LogP contribution in [0.5, 0.6) is 0 Å². The lowest BCUT2D eigenvalue weighted by Gasteiger charge is -2.38. The minimum Gasteiger partial charge on any atom is -0.375 e. The highest BCUT2D eigenvalue weighted by atomic mass is 35.5. The molecule has 0 aromatic carbocycles. The Balaban J connectivity index is 0.00000132. The first-order valence-electron chi connectivity index (χ1n) is 7.70. The van der Waals surface area contributed by atoms with E-state index in [0.29, 0.717) is 12.5 Å². The van der Waals surface area contributed by atoms with Gasteiger partial charge in [-0.1, -0.05) is 0 Å². The number of ether oxygens (including phenoxy) is 1. The van der Waals surface area contributed by atoms with Crippen LogP contribution in [0, 0.1) is 5.92 Å². The maximum absolute atomic E-state index is 12.7. The largest absolute Gasteiger partial charge is 0.375 e. The fraction of sp³-hybridized carbons (Fsp3) is 0.786. The average molecular weight is 366 g/mol. The summed E-state index contributed by atoms with van der Waals surface area (Å²) in [6, 6.07) is -0.205. The zero-order chi connectivity index (χ0) is 14.7. The molecular weight excluding hydrogens is 341 g/mol. The van der Waals surface area contributed by atoms with Crippen molar-refractivity contribution in [2.75, 3.05) is 26.2 Å². The van der Waals surface area contributed by atoms with E-state index < -0.39 is 0 Å². The molecule has 1 aromatic rings. The van der Waals surface area contributed by atoms with Crippen LogP contribution in [0.2, 0.25) is 0 Å². The summed E-state index contributed by atoms with van der Waals surface area (Å²) in [6.45, 7) is 5.86. The molecule has 2 fully saturated rings. The SMILES string of the molecule is C[C@H]1OCCN[C@@H]1C(=O)N1CCCC(Cn2cncn2)C1.Cl.Cl. The Bertz CT molecular complexity index is 474. The van der Waals surface area contributed by atoms with Gasteiger partial charge in [-0.25, -0.2) is 4.98 Å². The molecule has 132 valence electrons. The number of hydrogen-bond donors (Lipinski definition) is 1. The van der Waals surface area contributed by atoms with E-state index in [1.54, 1.807) is 12.7 Å². The number of carbonyl (C=O) groups is 1. The van der Waals surface area contributed by atoms with Gasteiger partial charge in [0.15, 0.2) is 0 Å². The molecule has 7 nitrogen and oxygen atoms in total. The fourth-order valence-corrected chi connectivity index (χ4v) is 3.21. The molecular formula is C14H25Cl2N5O2. The number of halogens is 2. The molecule has 1 unspecified atom stereocenters. The number of rotatable bonds is 3. The molecule has 3 rings (SSSR count). The molecule has 2 aliphatic rings. The van der Waals surface area contributed by atoms with Gasteiger partial charge in [-0.2, -0.15) is 5.10 Å². The van der Waals surface area contributed by atoms with Crippen molar-refractivity contribution in [1.82, 2.24) is 25.0 Å². The van der Waals surface area contributed by atoms with Crippen molar-refractivity contribution in [3.8, 4) is 0 Å². The zero-order valence-corrected chi connectivity index (χ0v) is 14.9. The number of carbonyl (C=O) groups excluding carboxylic acids is 1.